The molecule has 0 radical (unpaired) electrons. The molecular formula is C13H7N5. The Morgan fingerprint density at radius 1 is 1.06 bits per heavy atom. The SMILES string of the molecule is N#Cc1ncccc1-c1ncc2ccncc2n1. The fraction of sp³-hybridized carbons (Fsp3) is 0. The van der Waals surface area contributed by atoms with Gasteiger partial charge in [0.05, 0.1) is 17.3 Å². The highest BCUT2D eigenvalue weighted by Gasteiger charge is 2.08. The summed E-state index contributed by atoms with van der Waals surface area (Å²) in [6.45, 7) is 0. The molecule has 0 N–H and O–H groups in total. The third-order valence-electron chi connectivity index (χ3n) is 2.54. The van der Waals surface area contributed by atoms with Crippen molar-refractivity contribution in [1.82, 2.24) is 19.9 Å². The zero-order chi connectivity index (χ0) is 12.4. The molecule has 0 aromatic carbocycles. The van der Waals surface area contributed by atoms with Crippen LogP contribution in [0, 0.1) is 11.3 Å². The summed E-state index contributed by atoms with van der Waals surface area (Å²) in [7, 11) is 0. The predicted octanol–water partition coefficient (Wildman–Crippen LogP) is 1.96. The second kappa shape index (κ2) is 4.18. The van der Waals surface area contributed by atoms with Crippen LogP contribution in [0.15, 0.2) is 43.0 Å². The monoisotopic (exact) mass is 233 g/mol. The van der Waals surface area contributed by atoms with Crippen LogP contribution in [0.5, 0.6) is 0 Å². The molecule has 5 nitrogen and oxygen atoms in total. The number of fused-ring (bicyclic) bond motifs is 1. The Kier molecular flexibility index (Phi) is 2.39. The smallest absolute Gasteiger partial charge is 0.162 e. The molecule has 0 spiro atoms. The van der Waals surface area contributed by atoms with E-state index in [-0.39, 0.29) is 0 Å². The highest BCUT2D eigenvalue weighted by Crippen LogP contribution is 2.19. The van der Waals surface area contributed by atoms with E-state index in [2.05, 4.69) is 19.9 Å². The van der Waals surface area contributed by atoms with Crippen molar-refractivity contribution in [3.8, 4) is 17.5 Å². The Morgan fingerprint density at radius 2 is 2.00 bits per heavy atom. The van der Waals surface area contributed by atoms with Crippen LogP contribution in [0.1, 0.15) is 5.69 Å². The van der Waals surface area contributed by atoms with Crippen molar-refractivity contribution in [2.24, 2.45) is 0 Å². The van der Waals surface area contributed by atoms with Crippen molar-refractivity contribution in [2.75, 3.05) is 0 Å². The third-order valence-corrected chi connectivity index (χ3v) is 2.54. The first-order chi connectivity index (χ1) is 8.88. The number of nitrogens with zero attached hydrogens (tertiary/aromatic N) is 5. The molecule has 84 valence electrons. The van der Waals surface area contributed by atoms with Crippen molar-refractivity contribution in [1.29, 1.82) is 5.26 Å². The van der Waals surface area contributed by atoms with Crippen molar-refractivity contribution in [3.63, 3.8) is 0 Å². The summed E-state index contributed by atoms with van der Waals surface area (Å²) in [6.07, 6.45) is 6.65. The molecule has 3 aromatic rings. The second-order valence-corrected chi connectivity index (χ2v) is 3.64. The van der Waals surface area contributed by atoms with Crippen molar-refractivity contribution < 1.29 is 0 Å². The quantitative estimate of drug-likeness (QED) is 0.642. The van der Waals surface area contributed by atoms with E-state index in [1.807, 2.05) is 12.1 Å². The Labute approximate surface area is 103 Å². The maximum Gasteiger partial charge on any atom is 0.162 e. The molecule has 0 saturated carbocycles. The normalized spacial score (nSPS) is 10.2. The van der Waals surface area contributed by atoms with E-state index in [4.69, 9.17) is 5.26 Å². The second-order valence-electron chi connectivity index (χ2n) is 3.64. The van der Waals surface area contributed by atoms with Gasteiger partial charge in [-0.3, -0.25) is 4.98 Å². The minimum Gasteiger partial charge on any atom is -0.262 e. The first kappa shape index (κ1) is 10.3. The number of aromatic nitrogens is 4. The molecule has 3 rings (SSSR count). The summed E-state index contributed by atoms with van der Waals surface area (Å²) in [5.74, 6) is 0.486. The van der Waals surface area contributed by atoms with Gasteiger partial charge < -0.3 is 0 Å². The average molecular weight is 233 g/mol. The molecule has 3 heterocycles. The van der Waals surface area contributed by atoms with Crippen molar-refractivity contribution >= 4 is 10.9 Å². The van der Waals surface area contributed by atoms with Gasteiger partial charge in [-0.25, -0.2) is 15.0 Å². The summed E-state index contributed by atoms with van der Waals surface area (Å²) in [6, 6.07) is 7.41. The van der Waals surface area contributed by atoms with Gasteiger partial charge in [0, 0.05) is 24.0 Å². The highest BCUT2D eigenvalue weighted by atomic mass is 14.9. The number of pyridine rings is 2. The molecule has 3 aromatic heterocycles. The Morgan fingerprint density at radius 3 is 2.89 bits per heavy atom. The molecule has 0 amide bonds. The standard InChI is InChI=1S/C13H7N5/c14-6-11-10(2-1-4-16-11)13-17-7-9-3-5-15-8-12(9)18-13/h1-5,7-8H. The Balaban J connectivity index is 2.23. The highest BCUT2D eigenvalue weighted by molar-refractivity contribution is 5.78. The minimum atomic E-state index is 0.320. The number of rotatable bonds is 1. The van der Waals surface area contributed by atoms with Gasteiger partial charge in [-0.05, 0) is 18.2 Å². The van der Waals surface area contributed by atoms with E-state index in [9.17, 15) is 0 Å². The number of nitriles is 1. The summed E-state index contributed by atoms with van der Waals surface area (Å²) in [5, 5.41) is 9.93. The zero-order valence-corrected chi connectivity index (χ0v) is 9.28. The van der Waals surface area contributed by atoms with E-state index in [0.29, 0.717) is 17.1 Å². The Bertz CT molecular complexity index is 760. The molecule has 18 heavy (non-hydrogen) atoms. The predicted molar refractivity (Wildman–Crippen MR) is 65.3 cm³/mol. The van der Waals surface area contributed by atoms with Crippen molar-refractivity contribution in [3.05, 3.63) is 48.7 Å². The molecule has 0 atom stereocenters. The van der Waals surface area contributed by atoms with Crippen molar-refractivity contribution in [2.45, 2.75) is 0 Å². The summed E-state index contributed by atoms with van der Waals surface area (Å²) in [4.78, 5) is 16.7. The van der Waals surface area contributed by atoms with Crippen LogP contribution in [0.3, 0.4) is 0 Å². The largest absolute Gasteiger partial charge is 0.262 e. The van der Waals surface area contributed by atoms with Crippen LogP contribution in [0.4, 0.5) is 0 Å². The molecular weight excluding hydrogens is 226 g/mol. The lowest BCUT2D eigenvalue weighted by atomic mass is 10.2. The van der Waals surface area contributed by atoms with Crippen LogP contribution in [-0.4, -0.2) is 19.9 Å². The van der Waals surface area contributed by atoms with E-state index in [1.54, 1.807) is 36.9 Å². The molecule has 0 saturated heterocycles. The molecule has 0 unspecified atom stereocenters. The summed E-state index contributed by atoms with van der Waals surface area (Å²) < 4.78 is 0. The average Bonchev–Trinajstić information content (AvgIpc) is 2.46. The van der Waals surface area contributed by atoms with Gasteiger partial charge in [0.15, 0.2) is 11.5 Å². The van der Waals surface area contributed by atoms with Crippen LogP contribution in [-0.2, 0) is 0 Å². The molecule has 5 heteroatoms. The van der Waals surface area contributed by atoms with E-state index >= 15 is 0 Å². The lowest BCUT2D eigenvalue weighted by molar-refractivity contribution is 1.18. The van der Waals surface area contributed by atoms with Crippen LogP contribution in [0.2, 0.25) is 0 Å². The van der Waals surface area contributed by atoms with E-state index < -0.39 is 0 Å². The van der Waals surface area contributed by atoms with Gasteiger partial charge in [0.1, 0.15) is 6.07 Å². The van der Waals surface area contributed by atoms with Gasteiger partial charge in [-0.1, -0.05) is 0 Å². The Hall–Kier alpha value is -2.87. The molecule has 0 aliphatic heterocycles. The zero-order valence-electron chi connectivity index (χ0n) is 9.28. The van der Waals surface area contributed by atoms with Gasteiger partial charge >= 0.3 is 0 Å². The fourth-order valence-electron chi connectivity index (χ4n) is 1.68. The first-order valence-electron chi connectivity index (χ1n) is 5.31. The van der Waals surface area contributed by atoms with E-state index in [0.717, 1.165) is 10.9 Å². The maximum atomic E-state index is 9.01. The van der Waals surface area contributed by atoms with E-state index in [1.165, 1.54) is 0 Å². The minimum absolute atomic E-state index is 0.320. The van der Waals surface area contributed by atoms with Gasteiger partial charge in [0.25, 0.3) is 0 Å². The van der Waals surface area contributed by atoms with Crippen LogP contribution in [0.25, 0.3) is 22.3 Å². The van der Waals surface area contributed by atoms with Gasteiger partial charge in [-0.2, -0.15) is 5.26 Å². The maximum absolute atomic E-state index is 9.01. The first-order valence-corrected chi connectivity index (χ1v) is 5.31. The molecule has 0 bridgehead atoms. The topological polar surface area (TPSA) is 75.3 Å². The lowest BCUT2D eigenvalue weighted by Gasteiger charge is -2.02. The fourth-order valence-corrected chi connectivity index (χ4v) is 1.68. The summed E-state index contributed by atoms with van der Waals surface area (Å²) in [5.41, 5.74) is 1.70. The summed E-state index contributed by atoms with van der Waals surface area (Å²) >= 11 is 0. The number of hydrogen-bond acceptors (Lipinski definition) is 5. The van der Waals surface area contributed by atoms with Crippen LogP contribution < -0.4 is 0 Å². The molecule has 0 aliphatic carbocycles. The molecule has 0 fully saturated rings. The van der Waals surface area contributed by atoms with Gasteiger partial charge in [0.2, 0.25) is 0 Å². The van der Waals surface area contributed by atoms with Gasteiger partial charge in [-0.15, -0.1) is 0 Å². The third kappa shape index (κ3) is 1.66. The van der Waals surface area contributed by atoms with Crippen LogP contribution >= 0.6 is 0 Å². The molecule has 0 aliphatic rings. The number of hydrogen-bond donors (Lipinski definition) is 0. The lowest BCUT2D eigenvalue weighted by Crippen LogP contribution is -1.94.